The summed E-state index contributed by atoms with van der Waals surface area (Å²) < 4.78 is 24.5. The fourth-order valence-electron chi connectivity index (χ4n) is 1.86. The topological polar surface area (TPSA) is 22.4 Å². The molecule has 1 heterocycles. The molecule has 96 valence electrons. The van der Waals surface area contributed by atoms with E-state index in [1.807, 2.05) is 0 Å². The zero-order chi connectivity index (χ0) is 13.2. The fourth-order valence-corrected chi connectivity index (χ4v) is 2.04. The van der Waals surface area contributed by atoms with Crippen molar-refractivity contribution in [2.75, 3.05) is 0 Å². The van der Waals surface area contributed by atoms with Gasteiger partial charge in [-0.1, -0.05) is 23.7 Å². The van der Waals surface area contributed by atoms with E-state index in [0.717, 1.165) is 0 Å². The van der Waals surface area contributed by atoms with Gasteiger partial charge in [0.25, 0.3) is 0 Å². The van der Waals surface area contributed by atoms with Crippen LogP contribution >= 0.6 is 11.6 Å². The predicted octanol–water partition coefficient (Wildman–Crippen LogP) is 4.80. The van der Waals surface area contributed by atoms with Crippen LogP contribution in [0.2, 0.25) is 5.02 Å². The first-order chi connectivity index (χ1) is 9.22. The maximum absolute atomic E-state index is 13.5. The Hall–Kier alpha value is -2.00. The molecule has 0 N–H and O–H groups in total. The first-order valence-corrected chi connectivity index (χ1v) is 6.15. The molecule has 3 aromatic rings. The Labute approximate surface area is 114 Å². The van der Waals surface area contributed by atoms with Crippen molar-refractivity contribution in [3.05, 3.63) is 65.1 Å². The second-order valence-electron chi connectivity index (χ2n) is 4.11. The predicted molar refractivity (Wildman–Crippen MR) is 72.0 cm³/mol. The number of furan rings is 1. The van der Waals surface area contributed by atoms with Gasteiger partial charge in [0, 0.05) is 5.02 Å². The van der Waals surface area contributed by atoms with Crippen LogP contribution in [0.1, 0.15) is 5.76 Å². The van der Waals surface area contributed by atoms with E-state index < -0.39 is 0 Å². The van der Waals surface area contributed by atoms with Gasteiger partial charge in [0.1, 0.15) is 29.5 Å². The highest BCUT2D eigenvalue weighted by atomic mass is 35.5. The highest BCUT2D eigenvalue weighted by Crippen LogP contribution is 2.24. The lowest BCUT2D eigenvalue weighted by Gasteiger charge is -2.03. The minimum Gasteiger partial charge on any atom is -0.486 e. The summed E-state index contributed by atoms with van der Waals surface area (Å²) in [5.41, 5.74) is 0.518. The molecule has 0 aliphatic heterocycles. The molecule has 0 unspecified atom stereocenters. The molecule has 0 saturated carbocycles. The SMILES string of the molecule is Fc1cccc2oc(COc3cccc(Cl)c3)cc12. The van der Waals surface area contributed by atoms with Crippen molar-refractivity contribution in [2.24, 2.45) is 0 Å². The molecule has 4 heteroatoms. The highest BCUT2D eigenvalue weighted by molar-refractivity contribution is 6.30. The van der Waals surface area contributed by atoms with Crippen molar-refractivity contribution in [1.82, 2.24) is 0 Å². The molecule has 0 aliphatic carbocycles. The second-order valence-corrected chi connectivity index (χ2v) is 4.55. The maximum Gasteiger partial charge on any atom is 0.146 e. The normalized spacial score (nSPS) is 10.8. The summed E-state index contributed by atoms with van der Waals surface area (Å²) in [4.78, 5) is 0. The zero-order valence-corrected chi connectivity index (χ0v) is 10.7. The van der Waals surface area contributed by atoms with Crippen LogP contribution in [0.3, 0.4) is 0 Å². The zero-order valence-electron chi connectivity index (χ0n) is 9.90. The Morgan fingerprint density at radius 1 is 1.11 bits per heavy atom. The number of rotatable bonds is 3. The minimum atomic E-state index is -0.296. The van der Waals surface area contributed by atoms with Crippen LogP contribution in [0.5, 0.6) is 5.75 Å². The lowest BCUT2D eigenvalue weighted by molar-refractivity contribution is 0.274. The number of hydrogen-bond acceptors (Lipinski definition) is 2. The van der Waals surface area contributed by atoms with E-state index in [4.69, 9.17) is 20.8 Å². The van der Waals surface area contributed by atoms with Gasteiger partial charge in [0.15, 0.2) is 0 Å². The molecule has 0 bridgehead atoms. The molecular weight excluding hydrogens is 267 g/mol. The molecular formula is C15H10ClFO2. The summed E-state index contributed by atoms with van der Waals surface area (Å²) in [6.45, 7) is 0.231. The number of halogens is 2. The van der Waals surface area contributed by atoms with Crippen molar-refractivity contribution in [1.29, 1.82) is 0 Å². The summed E-state index contributed by atoms with van der Waals surface area (Å²) in [6.07, 6.45) is 0. The fraction of sp³-hybridized carbons (Fsp3) is 0.0667. The maximum atomic E-state index is 13.5. The summed E-state index contributed by atoms with van der Waals surface area (Å²) in [6, 6.07) is 13.5. The molecule has 0 fully saturated rings. The Balaban J connectivity index is 1.80. The van der Waals surface area contributed by atoms with Gasteiger partial charge in [-0.15, -0.1) is 0 Å². The molecule has 3 rings (SSSR count). The van der Waals surface area contributed by atoms with Gasteiger partial charge in [0.2, 0.25) is 0 Å². The van der Waals surface area contributed by atoms with Crippen molar-refractivity contribution >= 4 is 22.6 Å². The molecule has 0 saturated heterocycles. The number of benzene rings is 2. The Bertz CT molecular complexity index is 721. The third-order valence-electron chi connectivity index (χ3n) is 2.74. The molecule has 0 spiro atoms. The van der Waals surface area contributed by atoms with E-state index in [1.165, 1.54) is 6.07 Å². The Morgan fingerprint density at radius 2 is 1.95 bits per heavy atom. The van der Waals surface area contributed by atoms with Crippen molar-refractivity contribution in [3.8, 4) is 5.75 Å². The van der Waals surface area contributed by atoms with Crippen LogP contribution in [-0.2, 0) is 6.61 Å². The van der Waals surface area contributed by atoms with E-state index >= 15 is 0 Å². The van der Waals surface area contributed by atoms with Crippen molar-refractivity contribution in [3.63, 3.8) is 0 Å². The monoisotopic (exact) mass is 276 g/mol. The van der Waals surface area contributed by atoms with Gasteiger partial charge < -0.3 is 9.15 Å². The molecule has 0 atom stereocenters. The van der Waals surface area contributed by atoms with Gasteiger partial charge in [-0.25, -0.2) is 4.39 Å². The third-order valence-corrected chi connectivity index (χ3v) is 2.97. The molecule has 2 aromatic carbocycles. The number of ether oxygens (including phenoxy) is 1. The largest absolute Gasteiger partial charge is 0.486 e. The lowest BCUT2D eigenvalue weighted by Crippen LogP contribution is -1.93. The van der Waals surface area contributed by atoms with Crippen molar-refractivity contribution < 1.29 is 13.5 Å². The Kier molecular flexibility index (Phi) is 3.13. The van der Waals surface area contributed by atoms with Crippen LogP contribution in [-0.4, -0.2) is 0 Å². The average Bonchev–Trinajstić information content (AvgIpc) is 2.81. The summed E-state index contributed by atoms with van der Waals surface area (Å²) >= 11 is 5.86. The summed E-state index contributed by atoms with van der Waals surface area (Å²) in [5.74, 6) is 0.920. The minimum absolute atomic E-state index is 0.231. The molecule has 0 amide bonds. The summed E-state index contributed by atoms with van der Waals surface area (Å²) in [5, 5.41) is 1.07. The second kappa shape index (κ2) is 4.94. The molecule has 0 radical (unpaired) electrons. The van der Waals surface area contributed by atoms with E-state index in [-0.39, 0.29) is 12.4 Å². The van der Waals surface area contributed by atoms with Gasteiger partial charge in [-0.05, 0) is 36.4 Å². The first-order valence-electron chi connectivity index (χ1n) is 5.78. The van der Waals surface area contributed by atoms with Gasteiger partial charge in [-0.2, -0.15) is 0 Å². The molecule has 0 aliphatic rings. The molecule has 19 heavy (non-hydrogen) atoms. The Morgan fingerprint density at radius 3 is 2.74 bits per heavy atom. The number of fused-ring (bicyclic) bond motifs is 1. The number of hydrogen-bond donors (Lipinski definition) is 0. The van der Waals surface area contributed by atoms with E-state index in [9.17, 15) is 4.39 Å². The smallest absolute Gasteiger partial charge is 0.146 e. The van der Waals surface area contributed by atoms with E-state index in [1.54, 1.807) is 42.5 Å². The average molecular weight is 277 g/mol. The van der Waals surface area contributed by atoms with Crippen LogP contribution in [0.4, 0.5) is 4.39 Å². The van der Waals surface area contributed by atoms with Crippen LogP contribution < -0.4 is 4.74 Å². The standard InChI is InChI=1S/C15H10ClFO2/c16-10-3-1-4-11(7-10)18-9-12-8-13-14(17)5-2-6-15(13)19-12/h1-8H,9H2. The van der Waals surface area contributed by atoms with Crippen LogP contribution in [0.15, 0.2) is 52.9 Å². The van der Waals surface area contributed by atoms with Crippen LogP contribution in [0, 0.1) is 5.82 Å². The third kappa shape index (κ3) is 2.56. The van der Waals surface area contributed by atoms with E-state index in [0.29, 0.717) is 27.5 Å². The lowest BCUT2D eigenvalue weighted by atomic mass is 10.2. The van der Waals surface area contributed by atoms with Crippen molar-refractivity contribution in [2.45, 2.75) is 6.61 Å². The van der Waals surface area contributed by atoms with Crippen LogP contribution in [0.25, 0.3) is 11.0 Å². The first kappa shape index (κ1) is 12.1. The van der Waals surface area contributed by atoms with Gasteiger partial charge in [0.05, 0.1) is 5.39 Å². The van der Waals surface area contributed by atoms with Gasteiger partial charge >= 0.3 is 0 Å². The van der Waals surface area contributed by atoms with E-state index in [2.05, 4.69) is 0 Å². The highest BCUT2D eigenvalue weighted by Gasteiger charge is 2.08. The quantitative estimate of drug-likeness (QED) is 0.685. The van der Waals surface area contributed by atoms with Gasteiger partial charge in [-0.3, -0.25) is 0 Å². The summed E-state index contributed by atoms with van der Waals surface area (Å²) in [7, 11) is 0. The molecule has 1 aromatic heterocycles. The molecule has 2 nitrogen and oxygen atoms in total.